The standard InChI is InChI=1S/2C19H24O5S.Ca/c2*1-2-3-4-5-9-12-17-18(20)13-16(14-19(17)25(21,22)23)24-15-10-7-6-8-11-15;/h2*6-8,10-11,13-14,20H,2-5,9,12H2,1H3,(H,21,22,23);/q;;+2/p-2. The molecule has 0 bridgehead atoms. The van der Waals surface area contributed by atoms with Crippen LogP contribution in [0.3, 0.4) is 0 Å². The van der Waals surface area contributed by atoms with Gasteiger partial charge in [-0.05, 0) is 67.6 Å². The largest absolute Gasteiger partial charge is 2.00 e. The van der Waals surface area contributed by atoms with Crippen molar-refractivity contribution in [3.8, 4) is 34.5 Å². The summed E-state index contributed by atoms with van der Waals surface area (Å²) in [6.45, 7) is 4.22. The number of phenols is 1. The molecular formula is C38H46CaO10S2. The fraction of sp³-hybridized carbons (Fsp3) is 0.368. The molecule has 0 aliphatic rings. The first-order valence-corrected chi connectivity index (χ1v) is 19.8. The molecule has 0 saturated heterocycles. The molecule has 13 heteroatoms. The number of aromatic hydroxyl groups is 1. The van der Waals surface area contributed by atoms with E-state index in [9.17, 15) is 36.2 Å². The Hall–Kier alpha value is -2.84. The van der Waals surface area contributed by atoms with E-state index in [0.717, 1.165) is 63.9 Å². The van der Waals surface area contributed by atoms with Gasteiger partial charge in [0.1, 0.15) is 43.8 Å². The molecule has 0 aliphatic heterocycles. The van der Waals surface area contributed by atoms with Crippen LogP contribution >= 0.6 is 0 Å². The summed E-state index contributed by atoms with van der Waals surface area (Å²) in [4.78, 5) is -0.768. The van der Waals surface area contributed by atoms with Crippen molar-refractivity contribution in [2.24, 2.45) is 0 Å². The number of benzene rings is 4. The fourth-order valence-corrected chi connectivity index (χ4v) is 6.88. The van der Waals surface area contributed by atoms with E-state index in [1.165, 1.54) is 18.2 Å². The van der Waals surface area contributed by atoms with Gasteiger partial charge in [0.25, 0.3) is 10.1 Å². The van der Waals surface area contributed by atoms with E-state index in [4.69, 9.17) is 9.47 Å². The summed E-state index contributed by atoms with van der Waals surface area (Å²) in [6, 6.07) is 22.5. The first kappa shape index (κ1) is 44.3. The number of rotatable bonds is 18. The Labute approximate surface area is 332 Å². The van der Waals surface area contributed by atoms with Gasteiger partial charge in [-0.15, -0.1) is 5.75 Å². The zero-order valence-corrected chi connectivity index (χ0v) is 33.1. The average Bonchev–Trinajstić information content (AvgIpc) is 3.06. The summed E-state index contributed by atoms with van der Waals surface area (Å²) < 4.78 is 78.9. The van der Waals surface area contributed by atoms with Gasteiger partial charge in [0.2, 0.25) is 0 Å². The molecule has 0 fully saturated rings. The Balaban J connectivity index is 0.000000347. The number of unbranched alkanes of at least 4 members (excludes halogenated alkanes) is 8. The number of ether oxygens (including phenoxy) is 2. The summed E-state index contributed by atoms with van der Waals surface area (Å²) >= 11 is 0. The van der Waals surface area contributed by atoms with Gasteiger partial charge in [-0.25, -0.2) is 8.42 Å². The minimum absolute atomic E-state index is 0. The summed E-state index contributed by atoms with van der Waals surface area (Å²) in [5, 5.41) is 22.6. The van der Waals surface area contributed by atoms with Crippen LogP contribution in [0.4, 0.5) is 0 Å². The second-order valence-electron chi connectivity index (χ2n) is 11.9. The fourth-order valence-electron chi connectivity index (χ4n) is 5.33. The van der Waals surface area contributed by atoms with Gasteiger partial charge < -0.3 is 24.2 Å². The molecule has 0 radical (unpaired) electrons. The molecule has 272 valence electrons. The maximum absolute atomic E-state index is 12.3. The number of hydrogen-bond acceptors (Lipinski definition) is 9. The van der Waals surface area contributed by atoms with Crippen LogP contribution in [0, 0.1) is 0 Å². The monoisotopic (exact) mass is 766 g/mol. The van der Waals surface area contributed by atoms with E-state index >= 15 is 0 Å². The van der Waals surface area contributed by atoms with E-state index in [-0.39, 0.29) is 77.4 Å². The maximum atomic E-state index is 12.3. The normalized spacial score (nSPS) is 11.2. The van der Waals surface area contributed by atoms with Crippen molar-refractivity contribution in [2.45, 2.75) is 101 Å². The van der Waals surface area contributed by atoms with Crippen molar-refractivity contribution in [2.75, 3.05) is 0 Å². The van der Waals surface area contributed by atoms with Crippen LogP contribution in [0.15, 0.2) is 94.7 Å². The third-order valence-corrected chi connectivity index (χ3v) is 9.69. The van der Waals surface area contributed by atoms with Gasteiger partial charge in [0.05, 0.1) is 4.90 Å². The van der Waals surface area contributed by atoms with E-state index in [0.29, 0.717) is 24.3 Å². The molecule has 0 aromatic heterocycles. The Kier molecular flexibility index (Phi) is 19.4. The van der Waals surface area contributed by atoms with Crippen LogP contribution in [0.1, 0.15) is 89.2 Å². The van der Waals surface area contributed by atoms with Crippen molar-refractivity contribution in [3.05, 3.63) is 96.1 Å². The average molecular weight is 767 g/mol. The molecule has 51 heavy (non-hydrogen) atoms. The molecule has 0 aliphatic carbocycles. The SMILES string of the molecule is CCCCCCCc1c(O)cc(Oc2ccccc2)cc1S(=O)(=O)O.CCCCCCCc1c([O-])cc(Oc2ccccc2)cc1S(=O)(=O)[O-].[Ca+2]. The van der Waals surface area contributed by atoms with Crippen molar-refractivity contribution >= 4 is 58.0 Å². The Morgan fingerprint density at radius 1 is 0.588 bits per heavy atom. The molecule has 0 heterocycles. The van der Waals surface area contributed by atoms with Gasteiger partial charge in [-0.1, -0.05) is 102 Å². The Bertz CT molecular complexity index is 1710. The van der Waals surface area contributed by atoms with E-state index < -0.39 is 30.9 Å². The van der Waals surface area contributed by atoms with Crippen LogP contribution in [0.2, 0.25) is 0 Å². The molecule has 0 saturated carbocycles. The molecule has 4 aromatic rings. The van der Waals surface area contributed by atoms with E-state index in [1.54, 1.807) is 54.6 Å². The Morgan fingerprint density at radius 2 is 1.02 bits per heavy atom. The minimum Gasteiger partial charge on any atom is -0.872 e. The maximum Gasteiger partial charge on any atom is 2.00 e. The Morgan fingerprint density at radius 3 is 1.47 bits per heavy atom. The van der Waals surface area contributed by atoms with Gasteiger partial charge >= 0.3 is 37.7 Å². The van der Waals surface area contributed by atoms with Crippen LogP contribution in [0.25, 0.3) is 0 Å². The molecule has 0 amide bonds. The van der Waals surface area contributed by atoms with E-state index in [1.807, 2.05) is 6.07 Å². The molecular weight excluding hydrogens is 721 g/mol. The predicted molar refractivity (Wildman–Crippen MR) is 195 cm³/mol. The molecule has 4 rings (SSSR count). The zero-order chi connectivity index (χ0) is 36.6. The van der Waals surface area contributed by atoms with Crippen LogP contribution in [-0.2, 0) is 33.1 Å². The third-order valence-electron chi connectivity index (χ3n) is 7.87. The van der Waals surface area contributed by atoms with Gasteiger partial charge in [-0.2, -0.15) is 8.42 Å². The van der Waals surface area contributed by atoms with Crippen LogP contribution in [0.5, 0.6) is 34.5 Å². The molecule has 0 atom stereocenters. The molecule has 4 aromatic carbocycles. The summed E-state index contributed by atoms with van der Waals surface area (Å²) in [5.41, 5.74) is 0.298. The second kappa shape index (κ2) is 22.3. The van der Waals surface area contributed by atoms with Gasteiger partial charge in [0.15, 0.2) is 0 Å². The topological polar surface area (TPSA) is 173 Å². The van der Waals surface area contributed by atoms with Crippen molar-refractivity contribution < 1.29 is 45.6 Å². The molecule has 2 N–H and O–H groups in total. The third kappa shape index (κ3) is 15.3. The number of phenolic OH excluding ortho intramolecular Hbond substituents is 1. The van der Waals surface area contributed by atoms with Crippen molar-refractivity contribution in [1.82, 2.24) is 0 Å². The molecule has 0 unspecified atom stereocenters. The first-order valence-electron chi connectivity index (χ1n) is 16.9. The quantitative estimate of drug-likeness (QED) is 0.0568. The summed E-state index contributed by atoms with van der Waals surface area (Å²) in [5.74, 6) is 0.528. The second-order valence-corrected chi connectivity index (χ2v) is 14.6. The smallest absolute Gasteiger partial charge is 0.872 e. The van der Waals surface area contributed by atoms with Gasteiger partial charge in [0, 0.05) is 17.7 Å². The van der Waals surface area contributed by atoms with Crippen LogP contribution < -0.4 is 14.6 Å². The van der Waals surface area contributed by atoms with Crippen molar-refractivity contribution in [1.29, 1.82) is 0 Å². The van der Waals surface area contributed by atoms with Crippen LogP contribution in [-0.4, -0.2) is 68.8 Å². The minimum atomic E-state index is -4.75. The summed E-state index contributed by atoms with van der Waals surface area (Å²) in [7, 11) is -9.21. The van der Waals surface area contributed by atoms with Crippen molar-refractivity contribution in [3.63, 3.8) is 0 Å². The number of para-hydroxylation sites is 2. The first-order chi connectivity index (χ1) is 23.8. The van der Waals surface area contributed by atoms with Gasteiger partial charge in [-0.3, -0.25) is 4.55 Å². The number of hydrogen-bond donors (Lipinski definition) is 2. The predicted octanol–water partition coefficient (Wildman–Crippen LogP) is 8.53. The molecule has 0 spiro atoms. The zero-order valence-electron chi connectivity index (χ0n) is 29.3. The summed E-state index contributed by atoms with van der Waals surface area (Å²) in [6.07, 6.45) is 10.5. The van der Waals surface area contributed by atoms with E-state index in [2.05, 4.69) is 13.8 Å². The molecule has 10 nitrogen and oxygen atoms in total.